The highest BCUT2D eigenvalue weighted by atomic mass is 32.1. The second kappa shape index (κ2) is 10.4. The number of methoxy groups -OCH3 is 2. The highest BCUT2D eigenvalue weighted by molar-refractivity contribution is 7.16. The molecule has 0 saturated heterocycles. The number of carbonyl (C=O) groups is 3. The van der Waals surface area contributed by atoms with Gasteiger partial charge in [-0.1, -0.05) is 0 Å². The van der Waals surface area contributed by atoms with E-state index >= 15 is 0 Å². The number of carbonyl (C=O) groups excluding carboxylic acids is 3. The molecule has 1 N–H and O–H groups in total. The van der Waals surface area contributed by atoms with Crippen molar-refractivity contribution in [2.45, 2.75) is 0 Å². The summed E-state index contributed by atoms with van der Waals surface area (Å²) in [7, 11) is 6.93. The number of Topliss-reactive ketones (excluding diaryl/α,β-unsaturated/α-hetero) is 1. The average molecular weight is 410 g/mol. The number of fused-ring (bicyclic) bond motifs is 1. The Labute approximate surface area is 168 Å². The van der Waals surface area contributed by atoms with Gasteiger partial charge in [-0.2, -0.15) is 0 Å². The lowest BCUT2D eigenvalue weighted by atomic mass is 10.0. The quantitative estimate of drug-likeness (QED) is 0.556. The Morgan fingerprint density at radius 3 is 2.36 bits per heavy atom. The third kappa shape index (κ3) is 5.44. The largest absolute Gasteiger partial charge is 0.383 e. The maximum Gasteiger partial charge on any atom is 0.283 e. The van der Waals surface area contributed by atoms with Crippen molar-refractivity contribution in [1.29, 1.82) is 0 Å². The van der Waals surface area contributed by atoms with E-state index in [0.717, 1.165) is 11.3 Å². The van der Waals surface area contributed by atoms with Gasteiger partial charge < -0.3 is 24.6 Å². The molecule has 0 radical (unpaired) electrons. The number of thiazole rings is 1. The Morgan fingerprint density at radius 2 is 1.79 bits per heavy atom. The molecule has 0 atom stereocenters. The van der Waals surface area contributed by atoms with Crippen LogP contribution in [0.4, 0.5) is 0 Å². The molecule has 1 aliphatic rings. The maximum atomic E-state index is 12.8. The van der Waals surface area contributed by atoms with Crippen LogP contribution in [0, 0.1) is 0 Å². The summed E-state index contributed by atoms with van der Waals surface area (Å²) in [4.78, 5) is 45.8. The lowest BCUT2D eigenvalue weighted by Crippen LogP contribution is -2.36. The van der Waals surface area contributed by atoms with Crippen LogP contribution in [0.25, 0.3) is 0 Å². The summed E-state index contributed by atoms with van der Waals surface area (Å²) in [6, 6.07) is 0. The number of nitrogens with one attached hydrogen (secondary N) is 1. The predicted octanol–water partition coefficient (Wildman–Crippen LogP) is 0.292. The lowest BCUT2D eigenvalue weighted by Gasteiger charge is -2.20. The number of amides is 1. The second-order valence-electron chi connectivity index (χ2n) is 6.46. The Bertz CT molecular complexity index is 751. The predicted molar refractivity (Wildman–Crippen MR) is 105 cm³/mol. The van der Waals surface area contributed by atoms with E-state index in [4.69, 9.17) is 9.47 Å². The summed E-state index contributed by atoms with van der Waals surface area (Å²) in [5.41, 5.74) is 0.242. The Kier molecular flexibility index (Phi) is 8.24. The number of rotatable bonds is 11. The first-order valence-electron chi connectivity index (χ1n) is 8.86. The molecule has 154 valence electrons. The van der Waals surface area contributed by atoms with Crippen molar-refractivity contribution >= 4 is 28.8 Å². The third-order valence-electron chi connectivity index (χ3n) is 4.06. The number of aromatic nitrogens is 1. The number of hydrogen-bond acceptors (Lipinski definition) is 9. The molecule has 0 spiro atoms. The molecule has 10 heteroatoms. The fourth-order valence-electron chi connectivity index (χ4n) is 2.52. The minimum Gasteiger partial charge on any atom is -0.383 e. The van der Waals surface area contributed by atoms with Gasteiger partial charge in [0.1, 0.15) is 10.6 Å². The standard InChI is InChI=1S/C18H26N4O5S/c1-21(2)6-5-19-12-11-13(23)16-14(15(12)24)20-17(28-16)18(25)22(7-9-26-3)8-10-27-4/h11,19H,5-10H2,1-4H3. The van der Waals surface area contributed by atoms with Crippen LogP contribution in [0.1, 0.15) is 30.0 Å². The molecule has 9 nitrogen and oxygen atoms in total. The van der Waals surface area contributed by atoms with Gasteiger partial charge in [-0.05, 0) is 14.1 Å². The number of nitrogens with zero attached hydrogens (tertiary/aromatic N) is 3. The minimum atomic E-state index is -0.371. The van der Waals surface area contributed by atoms with E-state index in [0.29, 0.717) is 39.4 Å². The summed E-state index contributed by atoms with van der Waals surface area (Å²) in [6.45, 7) is 2.67. The molecule has 1 heterocycles. The molecule has 0 aliphatic heterocycles. The molecule has 1 amide bonds. The number of allylic oxidation sites excluding steroid dienone is 2. The number of ether oxygens (including phenoxy) is 2. The molecular formula is C18H26N4O5S. The second-order valence-corrected chi connectivity index (χ2v) is 7.46. The molecule has 0 aromatic carbocycles. The van der Waals surface area contributed by atoms with E-state index in [1.807, 2.05) is 19.0 Å². The first-order chi connectivity index (χ1) is 13.4. The Balaban J connectivity index is 2.17. The van der Waals surface area contributed by atoms with Crippen molar-refractivity contribution in [3.8, 4) is 0 Å². The summed E-state index contributed by atoms with van der Waals surface area (Å²) in [5, 5.41) is 3.09. The van der Waals surface area contributed by atoms with Crippen LogP contribution in [0.2, 0.25) is 0 Å². The first-order valence-corrected chi connectivity index (χ1v) is 9.68. The Hall–Kier alpha value is -2.14. The summed E-state index contributed by atoms with van der Waals surface area (Å²) in [6.07, 6.45) is 1.28. The fraction of sp³-hybridized carbons (Fsp3) is 0.556. The molecule has 0 unspecified atom stereocenters. The van der Waals surface area contributed by atoms with E-state index in [9.17, 15) is 14.4 Å². The number of likely N-dealkylation sites (N-methyl/N-ethyl adjacent to an activating group) is 1. The Morgan fingerprint density at radius 1 is 1.14 bits per heavy atom. The van der Waals surface area contributed by atoms with Crippen molar-refractivity contribution < 1.29 is 23.9 Å². The smallest absolute Gasteiger partial charge is 0.283 e. The van der Waals surface area contributed by atoms with Gasteiger partial charge in [-0.3, -0.25) is 14.4 Å². The van der Waals surface area contributed by atoms with Crippen molar-refractivity contribution in [3.63, 3.8) is 0 Å². The molecule has 1 aromatic heterocycles. The maximum absolute atomic E-state index is 12.8. The zero-order valence-electron chi connectivity index (χ0n) is 16.6. The SMILES string of the molecule is COCCN(CCOC)C(=O)c1nc2c(s1)C(=O)C=C(NCCN(C)C)C2=O. The monoisotopic (exact) mass is 410 g/mol. The minimum absolute atomic E-state index is 0.0339. The molecule has 0 bridgehead atoms. The summed E-state index contributed by atoms with van der Waals surface area (Å²) in [5.74, 6) is -1.04. The molecule has 28 heavy (non-hydrogen) atoms. The average Bonchev–Trinajstić information content (AvgIpc) is 3.11. The van der Waals surface area contributed by atoms with E-state index in [1.54, 1.807) is 14.2 Å². The van der Waals surface area contributed by atoms with Gasteiger partial charge in [0, 0.05) is 46.5 Å². The van der Waals surface area contributed by atoms with Crippen molar-refractivity contribution in [3.05, 3.63) is 27.4 Å². The van der Waals surface area contributed by atoms with Gasteiger partial charge in [0.05, 0.1) is 18.9 Å². The van der Waals surface area contributed by atoms with Gasteiger partial charge >= 0.3 is 0 Å². The highest BCUT2D eigenvalue weighted by Gasteiger charge is 2.32. The molecule has 1 aromatic rings. The van der Waals surface area contributed by atoms with E-state index in [-0.39, 0.29) is 38.7 Å². The zero-order valence-corrected chi connectivity index (χ0v) is 17.4. The number of hydrogen-bond donors (Lipinski definition) is 1. The van der Waals surface area contributed by atoms with Crippen molar-refractivity contribution in [2.75, 3.05) is 67.7 Å². The van der Waals surface area contributed by atoms with Gasteiger partial charge in [-0.25, -0.2) is 4.98 Å². The van der Waals surface area contributed by atoms with Crippen LogP contribution < -0.4 is 5.32 Å². The summed E-state index contributed by atoms with van der Waals surface area (Å²) >= 11 is 0.946. The van der Waals surface area contributed by atoms with Gasteiger partial charge in [0.15, 0.2) is 10.8 Å². The molecule has 2 rings (SSSR count). The van der Waals surface area contributed by atoms with E-state index < -0.39 is 0 Å². The topological polar surface area (TPSA) is 101 Å². The lowest BCUT2D eigenvalue weighted by molar-refractivity contribution is 0.0627. The number of ketones is 2. The van der Waals surface area contributed by atoms with E-state index in [1.165, 1.54) is 11.0 Å². The van der Waals surface area contributed by atoms with Crippen molar-refractivity contribution in [2.24, 2.45) is 0 Å². The van der Waals surface area contributed by atoms with E-state index in [2.05, 4.69) is 10.3 Å². The summed E-state index contributed by atoms with van der Waals surface area (Å²) < 4.78 is 10.1. The van der Waals surface area contributed by atoms with Crippen LogP contribution in [-0.4, -0.2) is 100.0 Å². The molecule has 0 saturated carbocycles. The van der Waals surface area contributed by atoms with Crippen LogP contribution in [0.15, 0.2) is 11.8 Å². The molecular weight excluding hydrogens is 384 g/mol. The van der Waals surface area contributed by atoms with Crippen LogP contribution >= 0.6 is 11.3 Å². The normalized spacial score (nSPS) is 13.5. The fourth-order valence-corrected chi connectivity index (χ4v) is 3.46. The highest BCUT2D eigenvalue weighted by Crippen LogP contribution is 2.26. The molecule has 0 fully saturated rings. The van der Waals surface area contributed by atoms with Gasteiger partial charge in [0.25, 0.3) is 5.91 Å². The van der Waals surface area contributed by atoms with Crippen LogP contribution in [0.5, 0.6) is 0 Å². The van der Waals surface area contributed by atoms with Crippen LogP contribution in [-0.2, 0) is 9.47 Å². The molecule has 1 aliphatic carbocycles. The van der Waals surface area contributed by atoms with Gasteiger partial charge in [-0.15, -0.1) is 11.3 Å². The first kappa shape index (κ1) is 22.2. The zero-order chi connectivity index (χ0) is 20.7. The van der Waals surface area contributed by atoms with Crippen LogP contribution in [0.3, 0.4) is 0 Å². The van der Waals surface area contributed by atoms with Gasteiger partial charge in [0.2, 0.25) is 5.78 Å². The van der Waals surface area contributed by atoms with Crippen molar-refractivity contribution in [1.82, 2.24) is 20.1 Å². The third-order valence-corrected chi connectivity index (χ3v) is 5.12.